The number of fused-ring (bicyclic) bond motifs is 7. The first kappa shape index (κ1) is 44.0. The van der Waals surface area contributed by atoms with E-state index in [-0.39, 0.29) is 12.1 Å². The molecule has 2 atom stereocenters. The number of allylic oxidation sites excluding steroid dienone is 15. The highest BCUT2D eigenvalue weighted by Crippen LogP contribution is 2.39. The summed E-state index contributed by atoms with van der Waals surface area (Å²) in [5.74, 6) is 0. The lowest BCUT2D eigenvalue weighted by Crippen LogP contribution is -2.31. The fourth-order valence-corrected chi connectivity index (χ4v) is 10.6. The van der Waals surface area contributed by atoms with Gasteiger partial charge >= 0.3 is 0 Å². The van der Waals surface area contributed by atoms with Gasteiger partial charge in [-0.2, -0.15) is 0 Å². The van der Waals surface area contributed by atoms with E-state index in [0.717, 1.165) is 93.7 Å². The van der Waals surface area contributed by atoms with Crippen LogP contribution in [0.5, 0.6) is 0 Å². The molecule has 0 saturated heterocycles. The Morgan fingerprint density at radius 1 is 0.786 bits per heavy atom. The highest BCUT2D eigenvalue weighted by atomic mass is 16.3. The number of hydrogen-bond acceptors (Lipinski definition) is 2. The number of para-hydroxylation sites is 2. The zero-order valence-electron chi connectivity index (χ0n) is 40.1. The molecule has 2 aliphatic carbocycles. The number of hydrogen-bond donors (Lipinski definition) is 0. The molecule has 0 aliphatic heterocycles. The molecule has 11 rings (SSSR count). The van der Waals surface area contributed by atoms with E-state index in [1.165, 1.54) is 33.3 Å². The molecule has 0 saturated carbocycles. The Labute approximate surface area is 408 Å². The molecule has 340 valence electrons. The van der Waals surface area contributed by atoms with Gasteiger partial charge in [-0.05, 0) is 129 Å². The van der Waals surface area contributed by atoms with Crippen LogP contribution in [0.1, 0.15) is 67.2 Å². The van der Waals surface area contributed by atoms with E-state index in [1.807, 2.05) is 54.6 Å². The summed E-state index contributed by atoms with van der Waals surface area (Å²) in [4.78, 5) is 0. The third kappa shape index (κ3) is 7.69. The summed E-state index contributed by atoms with van der Waals surface area (Å²) in [7, 11) is 0. The molecule has 0 radical (unpaired) electrons. The summed E-state index contributed by atoms with van der Waals surface area (Å²) in [6.45, 7) is 17.7. The van der Waals surface area contributed by atoms with Gasteiger partial charge < -0.3 is 18.0 Å². The number of furan rings is 2. The number of nitrogens with zero attached hydrogens (tertiary/aromatic N) is 2. The molecule has 5 aromatic carbocycles. The van der Waals surface area contributed by atoms with Crippen LogP contribution in [0, 0.1) is 6.92 Å². The molecule has 2 aliphatic rings. The SMILES string of the molecule is C=C/C=c1\c(=C/C(C)n2/c(=C/C(=C\C)c3ccc4oc5ccccc5c4c3)c(=C)c3c4c(/C=C\C=C/C)c(C)n(C5C=CC(c6cccc(C7=C=CC=CC=C7)c6)=CC5)c4ccc32)oc2ccccc12. The molecule has 0 amide bonds. The average Bonchev–Trinajstić information content (AvgIpc) is 4.02. The maximum atomic E-state index is 6.61. The first-order valence-corrected chi connectivity index (χ1v) is 24.2. The smallest absolute Gasteiger partial charge is 0.135 e. The molecule has 4 aromatic heterocycles. The summed E-state index contributed by atoms with van der Waals surface area (Å²) < 4.78 is 17.9. The maximum Gasteiger partial charge on any atom is 0.135 e. The molecular formula is C66H54N2O2. The highest BCUT2D eigenvalue weighted by Gasteiger charge is 2.24. The molecule has 70 heavy (non-hydrogen) atoms. The zero-order valence-corrected chi connectivity index (χ0v) is 40.1. The predicted octanol–water partition coefficient (Wildman–Crippen LogP) is 14.7. The van der Waals surface area contributed by atoms with Crippen LogP contribution in [0.25, 0.3) is 102 Å². The fourth-order valence-electron chi connectivity index (χ4n) is 10.6. The summed E-state index contributed by atoms with van der Waals surface area (Å²) in [5.41, 5.74) is 18.4. The maximum absolute atomic E-state index is 6.61. The van der Waals surface area contributed by atoms with E-state index >= 15 is 0 Å². The van der Waals surface area contributed by atoms with Crippen molar-refractivity contribution in [3.63, 3.8) is 0 Å². The third-order valence-electron chi connectivity index (χ3n) is 13.9. The minimum Gasteiger partial charge on any atom is -0.456 e. The van der Waals surface area contributed by atoms with Crippen LogP contribution in [0.2, 0.25) is 0 Å². The van der Waals surface area contributed by atoms with Crippen LogP contribution in [0.15, 0.2) is 203 Å². The van der Waals surface area contributed by atoms with Crippen LogP contribution in [-0.2, 0) is 0 Å². The van der Waals surface area contributed by atoms with Crippen molar-refractivity contribution in [3.8, 4) is 0 Å². The molecule has 0 spiro atoms. The van der Waals surface area contributed by atoms with Crippen molar-refractivity contribution in [1.29, 1.82) is 0 Å². The van der Waals surface area contributed by atoms with E-state index in [2.05, 4.69) is 201 Å². The van der Waals surface area contributed by atoms with Crippen LogP contribution >= 0.6 is 0 Å². The van der Waals surface area contributed by atoms with E-state index in [0.29, 0.717) is 0 Å². The largest absolute Gasteiger partial charge is 0.456 e. The topological polar surface area (TPSA) is 36.1 Å². The van der Waals surface area contributed by atoms with Gasteiger partial charge in [-0.25, -0.2) is 0 Å². The number of benzene rings is 5. The minimum absolute atomic E-state index is 0.113. The summed E-state index contributed by atoms with van der Waals surface area (Å²) in [6.07, 6.45) is 37.4. The Hall–Kier alpha value is -8.56. The summed E-state index contributed by atoms with van der Waals surface area (Å²) in [5, 5.41) is 8.62. The monoisotopic (exact) mass is 906 g/mol. The summed E-state index contributed by atoms with van der Waals surface area (Å²) in [6, 6.07) is 36.4. The number of rotatable bonds is 10. The van der Waals surface area contributed by atoms with E-state index < -0.39 is 0 Å². The minimum atomic E-state index is -0.145. The third-order valence-corrected chi connectivity index (χ3v) is 13.9. The molecule has 0 bridgehead atoms. The molecule has 0 fully saturated rings. The van der Waals surface area contributed by atoms with Crippen molar-refractivity contribution in [2.45, 2.75) is 46.2 Å². The van der Waals surface area contributed by atoms with Crippen molar-refractivity contribution in [3.05, 3.63) is 244 Å². The second kappa shape index (κ2) is 18.5. The van der Waals surface area contributed by atoms with Crippen LogP contribution < -0.4 is 21.2 Å². The first-order valence-electron chi connectivity index (χ1n) is 24.2. The van der Waals surface area contributed by atoms with Gasteiger partial charge in [-0.15, -0.1) is 5.73 Å². The van der Waals surface area contributed by atoms with Crippen molar-refractivity contribution in [2.75, 3.05) is 0 Å². The van der Waals surface area contributed by atoms with Gasteiger partial charge in [0.05, 0.1) is 23.1 Å². The Morgan fingerprint density at radius 2 is 1.57 bits per heavy atom. The van der Waals surface area contributed by atoms with Gasteiger partial charge in [0.25, 0.3) is 0 Å². The summed E-state index contributed by atoms with van der Waals surface area (Å²) >= 11 is 0. The Morgan fingerprint density at radius 3 is 2.37 bits per heavy atom. The first-order chi connectivity index (χ1) is 34.3. The highest BCUT2D eigenvalue weighted by molar-refractivity contribution is 6.12. The average molecular weight is 907 g/mol. The van der Waals surface area contributed by atoms with Gasteiger partial charge in [0, 0.05) is 59.5 Å². The molecule has 4 nitrogen and oxygen atoms in total. The van der Waals surface area contributed by atoms with Gasteiger partial charge in [0.15, 0.2) is 0 Å². The van der Waals surface area contributed by atoms with Gasteiger partial charge in [-0.1, -0.05) is 153 Å². The lowest BCUT2D eigenvalue weighted by Gasteiger charge is -2.22. The van der Waals surface area contributed by atoms with Crippen molar-refractivity contribution < 1.29 is 8.83 Å². The van der Waals surface area contributed by atoms with Crippen LogP contribution in [0.3, 0.4) is 0 Å². The predicted molar refractivity (Wildman–Crippen MR) is 299 cm³/mol. The van der Waals surface area contributed by atoms with E-state index in [4.69, 9.17) is 15.4 Å². The normalized spacial score (nSPS) is 16.7. The molecule has 4 heteroatoms. The van der Waals surface area contributed by atoms with E-state index in [9.17, 15) is 0 Å². The second-order valence-electron chi connectivity index (χ2n) is 18.1. The van der Waals surface area contributed by atoms with Crippen LogP contribution in [0.4, 0.5) is 0 Å². The molecule has 9 aromatic rings. The van der Waals surface area contributed by atoms with Gasteiger partial charge in [0.1, 0.15) is 22.2 Å². The van der Waals surface area contributed by atoms with Gasteiger partial charge in [-0.3, -0.25) is 0 Å². The molecule has 4 heterocycles. The van der Waals surface area contributed by atoms with Crippen molar-refractivity contribution in [1.82, 2.24) is 9.13 Å². The van der Waals surface area contributed by atoms with Gasteiger partial charge in [0.2, 0.25) is 0 Å². The second-order valence-corrected chi connectivity index (χ2v) is 18.1. The molecule has 0 N–H and O–H groups in total. The Balaban J connectivity index is 1.11. The molecular weight excluding hydrogens is 853 g/mol. The lowest BCUT2D eigenvalue weighted by atomic mass is 9.94. The van der Waals surface area contributed by atoms with Crippen molar-refractivity contribution >= 4 is 102 Å². The lowest BCUT2D eigenvalue weighted by molar-refractivity contribution is 0.565. The number of aromatic nitrogens is 2. The van der Waals surface area contributed by atoms with E-state index in [1.54, 1.807) is 0 Å². The van der Waals surface area contributed by atoms with Crippen LogP contribution in [-0.4, -0.2) is 9.13 Å². The Bertz CT molecular complexity index is 4170. The standard InChI is InChI=1S/C66H54N2O2/c1-7-10-13-26-53-45(6)68(52-34-31-48(32-35-52)50-25-20-24-49(40-50)47-22-14-11-12-15-23-47)59-37-36-58-65(66(53)59)44(5)60(67(58)43(4)39-64-54(21-8-2)55-27-16-18-29-61(55)70-64)42-46(9-3)51-33-38-63-57(41-51)56-28-17-19-30-62(56)69-63/h7-22,24-34,36-43,52H,2,5,35H2,1,3-4,6H3/b10-7-,26-13-,46-9+,54-21-,60-42+,64-39+. The van der Waals surface area contributed by atoms with Crippen molar-refractivity contribution in [2.24, 2.45) is 0 Å². The Kier molecular flexibility index (Phi) is 11.6. The molecule has 2 unspecified atom stereocenters. The quantitative estimate of drug-likeness (QED) is 0.101. The zero-order chi connectivity index (χ0) is 47.9. The fraction of sp³-hybridized carbons (Fsp3) is 0.106.